The van der Waals surface area contributed by atoms with Crippen LogP contribution in [0.2, 0.25) is 0 Å². The summed E-state index contributed by atoms with van der Waals surface area (Å²) >= 11 is 0. The SMILES string of the molecule is CCN1CCN(c2ccc(CNC(=O)c3cn(C)c4ccccc34)cn2)CC1. The van der Waals surface area contributed by atoms with E-state index in [9.17, 15) is 4.79 Å². The number of likely N-dealkylation sites (N-methyl/N-ethyl adjacent to an activating group) is 1. The molecule has 2 aromatic heterocycles. The fourth-order valence-electron chi connectivity index (χ4n) is 3.80. The summed E-state index contributed by atoms with van der Waals surface area (Å²) in [6, 6.07) is 12.1. The van der Waals surface area contributed by atoms with Crippen LogP contribution < -0.4 is 10.2 Å². The summed E-state index contributed by atoms with van der Waals surface area (Å²) in [5.41, 5.74) is 2.77. The Morgan fingerprint density at radius 2 is 1.89 bits per heavy atom. The first-order chi connectivity index (χ1) is 13.7. The van der Waals surface area contributed by atoms with E-state index in [-0.39, 0.29) is 5.91 Å². The summed E-state index contributed by atoms with van der Waals surface area (Å²) in [6.45, 7) is 7.98. The average molecular weight is 377 g/mol. The highest BCUT2D eigenvalue weighted by atomic mass is 16.1. The molecule has 0 aliphatic carbocycles. The third kappa shape index (κ3) is 3.73. The van der Waals surface area contributed by atoms with E-state index in [4.69, 9.17) is 0 Å². The number of pyridine rings is 1. The van der Waals surface area contributed by atoms with Crippen LogP contribution in [0.15, 0.2) is 48.8 Å². The van der Waals surface area contributed by atoms with E-state index in [1.54, 1.807) is 0 Å². The molecule has 1 N–H and O–H groups in total. The number of nitrogens with zero attached hydrogens (tertiary/aromatic N) is 4. The summed E-state index contributed by atoms with van der Waals surface area (Å²) in [4.78, 5) is 22.0. The lowest BCUT2D eigenvalue weighted by atomic mass is 10.1. The van der Waals surface area contributed by atoms with Gasteiger partial charge in [-0.3, -0.25) is 4.79 Å². The van der Waals surface area contributed by atoms with Gasteiger partial charge >= 0.3 is 0 Å². The van der Waals surface area contributed by atoms with Gasteiger partial charge in [-0.15, -0.1) is 0 Å². The van der Waals surface area contributed by atoms with Gasteiger partial charge in [-0.25, -0.2) is 4.98 Å². The van der Waals surface area contributed by atoms with Crippen molar-refractivity contribution in [3.8, 4) is 0 Å². The molecule has 1 saturated heterocycles. The lowest BCUT2D eigenvalue weighted by molar-refractivity contribution is 0.0952. The monoisotopic (exact) mass is 377 g/mol. The van der Waals surface area contributed by atoms with Crippen LogP contribution in [-0.2, 0) is 13.6 Å². The van der Waals surface area contributed by atoms with Gasteiger partial charge in [0, 0.05) is 63.1 Å². The summed E-state index contributed by atoms with van der Waals surface area (Å²) in [5, 5.41) is 3.99. The molecule has 4 rings (SSSR count). The van der Waals surface area contributed by atoms with Crippen LogP contribution in [0.3, 0.4) is 0 Å². The fraction of sp³-hybridized carbons (Fsp3) is 0.364. The summed E-state index contributed by atoms with van der Waals surface area (Å²) in [5.74, 6) is 0.955. The molecule has 0 bridgehead atoms. The number of carbonyl (C=O) groups excluding carboxylic acids is 1. The van der Waals surface area contributed by atoms with Gasteiger partial charge in [0.25, 0.3) is 5.91 Å². The molecule has 1 aromatic carbocycles. The largest absolute Gasteiger partial charge is 0.354 e. The summed E-state index contributed by atoms with van der Waals surface area (Å²) in [7, 11) is 1.96. The first-order valence-corrected chi connectivity index (χ1v) is 9.90. The smallest absolute Gasteiger partial charge is 0.253 e. The molecule has 1 fully saturated rings. The first-order valence-electron chi connectivity index (χ1n) is 9.90. The maximum atomic E-state index is 12.7. The van der Waals surface area contributed by atoms with E-state index >= 15 is 0 Å². The maximum absolute atomic E-state index is 12.7. The molecule has 6 nitrogen and oxygen atoms in total. The molecule has 3 aromatic rings. The first kappa shape index (κ1) is 18.5. The number of hydrogen-bond donors (Lipinski definition) is 1. The van der Waals surface area contributed by atoms with E-state index in [1.165, 1.54) is 0 Å². The summed E-state index contributed by atoms with van der Waals surface area (Å²) < 4.78 is 1.99. The van der Waals surface area contributed by atoms with Gasteiger partial charge in [0.05, 0.1) is 5.56 Å². The second-order valence-electron chi connectivity index (χ2n) is 7.30. The molecule has 1 aliphatic heterocycles. The molecule has 0 saturated carbocycles. The van der Waals surface area contributed by atoms with Crippen molar-refractivity contribution in [3.05, 3.63) is 59.9 Å². The van der Waals surface area contributed by atoms with Crippen LogP contribution in [0.25, 0.3) is 10.9 Å². The van der Waals surface area contributed by atoms with Crippen molar-refractivity contribution in [1.29, 1.82) is 0 Å². The predicted molar refractivity (Wildman–Crippen MR) is 113 cm³/mol. The van der Waals surface area contributed by atoms with Gasteiger partial charge in [-0.05, 0) is 24.2 Å². The Hall–Kier alpha value is -2.86. The van der Waals surface area contributed by atoms with E-state index in [0.717, 1.165) is 55.0 Å². The number of anilines is 1. The van der Waals surface area contributed by atoms with E-state index in [0.29, 0.717) is 12.1 Å². The zero-order valence-electron chi connectivity index (χ0n) is 16.6. The normalized spacial score (nSPS) is 15.1. The Morgan fingerprint density at radius 1 is 1.11 bits per heavy atom. The van der Waals surface area contributed by atoms with E-state index in [2.05, 4.69) is 39.2 Å². The van der Waals surface area contributed by atoms with E-state index < -0.39 is 0 Å². The standard InChI is InChI=1S/C22H27N5O/c1-3-26-10-12-27(13-11-26)21-9-8-17(14-23-21)15-24-22(28)19-16-25(2)20-7-5-4-6-18(19)20/h4-9,14,16H,3,10-13,15H2,1-2H3,(H,24,28). The van der Waals surface area contributed by atoms with Crippen LogP contribution in [0.5, 0.6) is 0 Å². The van der Waals surface area contributed by atoms with Crippen molar-refractivity contribution < 1.29 is 4.79 Å². The van der Waals surface area contributed by atoms with Crippen molar-refractivity contribution in [1.82, 2.24) is 19.8 Å². The number of rotatable bonds is 5. The number of benzene rings is 1. The number of para-hydroxylation sites is 1. The van der Waals surface area contributed by atoms with Crippen LogP contribution >= 0.6 is 0 Å². The van der Waals surface area contributed by atoms with Crippen LogP contribution in [0.1, 0.15) is 22.8 Å². The van der Waals surface area contributed by atoms with Crippen LogP contribution in [0, 0.1) is 0 Å². The minimum Gasteiger partial charge on any atom is -0.354 e. The van der Waals surface area contributed by atoms with Gasteiger partial charge in [0.1, 0.15) is 5.82 Å². The van der Waals surface area contributed by atoms with Gasteiger partial charge in [0.15, 0.2) is 0 Å². The van der Waals surface area contributed by atoms with Crippen molar-refractivity contribution in [2.45, 2.75) is 13.5 Å². The van der Waals surface area contributed by atoms with E-state index in [1.807, 2.05) is 48.3 Å². The van der Waals surface area contributed by atoms with Crippen LogP contribution in [0.4, 0.5) is 5.82 Å². The number of nitrogens with one attached hydrogen (secondary N) is 1. The highest BCUT2D eigenvalue weighted by Crippen LogP contribution is 2.20. The maximum Gasteiger partial charge on any atom is 0.253 e. The molecule has 146 valence electrons. The third-order valence-corrected chi connectivity index (χ3v) is 5.55. The Balaban J connectivity index is 1.38. The minimum atomic E-state index is -0.0587. The lowest BCUT2D eigenvalue weighted by Crippen LogP contribution is -2.46. The zero-order valence-corrected chi connectivity index (χ0v) is 16.6. The molecule has 0 atom stereocenters. The molecule has 6 heteroatoms. The lowest BCUT2D eigenvalue weighted by Gasteiger charge is -2.34. The van der Waals surface area contributed by atoms with Gasteiger partial charge in [-0.1, -0.05) is 31.2 Å². The molecular weight excluding hydrogens is 350 g/mol. The number of carbonyl (C=O) groups is 1. The molecule has 28 heavy (non-hydrogen) atoms. The molecule has 0 unspecified atom stereocenters. The topological polar surface area (TPSA) is 53.4 Å². The van der Waals surface area contributed by atoms with Crippen molar-refractivity contribution >= 4 is 22.6 Å². The number of aryl methyl sites for hydroxylation is 1. The summed E-state index contributed by atoms with van der Waals surface area (Å²) in [6.07, 6.45) is 3.75. The number of fused-ring (bicyclic) bond motifs is 1. The zero-order chi connectivity index (χ0) is 19.5. The highest BCUT2D eigenvalue weighted by Gasteiger charge is 2.17. The third-order valence-electron chi connectivity index (χ3n) is 5.55. The van der Waals surface area contributed by atoms with Gasteiger partial charge < -0.3 is 19.7 Å². The molecule has 0 radical (unpaired) electrons. The van der Waals surface area contributed by atoms with Crippen molar-refractivity contribution in [2.24, 2.45) is 7.05 Å². The molecule has 3 heterocycles. The second-order valence-corrected chi connectivity index (χ2v) is 7.30. The minimum absolute atomic E-state index is 0.0587. The predicted octanol–water partition coefficient (Wildman–Crippen LogP) is 2.65. The van der Waals surface area contributed by atoms with Gasteiger partial charge in [0.2, 0.25) is 0 Å². The quantitative estimate of drug-likeness (QED) is 0.743. The van der Waals surface area contributed by atoms with Gasteiger partial charge in [-0.2, -0.15) is 0 Å². The molecule has 1 amide bonds. The van der Waals surface area contributed by atoms with Crippen molar-refractivity contribution in [3.63, 3.8) is 0 Å². The Morgan fingerprint density at radius 3 is 2.61 bits per heavy atom. The van der Waals surface area contributed by atoms with Crippen molar-refractivity contribution in [2.75, 3.05) is 37.6 Å². The number of piperazine rings is 1. The van der Waals surface area contributed by atoms with Crippen LogP contribution in [-0.4, -0.2) is 53.1 Å². The number of aromatic nitrogens is 2. The highest BCUT2D eigenvalue weighted by molar-refractivity contribution is 6.06. The Labute approximate surface area is 165 Å². The number of amides is 1. The average Bonchev–Trinajstić information content (AvgIpc) is 3.09. The molecular formula is C22H27N5O. The molecule has 0 spiro atoms. The Bertz CT molecular complexity index is 955. The fourth-order valence-corrected chi connectivity index (χ4v) is 3.80. The second kappa shape index (κ2) is 8.02. The number of hydrogen-bond acceptors (Lipinski definition) is 4. The Kier molecular flexibility index (Phi) is 5.30. The molecule has 1 aliphatic rings.